The van der Waals surface area contributed by atoms with Gasteiger partial charge in [0, 0.05) is 11.6 Å². The van der Waals surface area contributed by atoms with Crippen LogP contribution in [0.3, 0.4) is 0 Å². The van der Waals surface area contributed by atoms with Crippen LogP contribution in [0.4, 0.5) is 4.39 Å². The van der Waals surface area contributed by atoms with Gasteiger partial charge in [-0.05, 0) is 24.6 Å². The number of benzene rings is 1. The lowest BCUT2D eigenvalue weighted by Gasteiger charge is -1.96. The van der Waals surface area contributed by atoms with Crippen LogP contribution in [0, 0.1) is 12.7 Å². The van der Waals surface area contributed by atoms with Gasteiger partial charge in [-0.2, -0.15) is 0 Å². The molecule has 1 aromatic carbocycles. The Kier molecular flexibility index (Phi) is 1.77. The second-order valence-electron chi connectivity index (χ2n) is 3.18. The van der Waals surface area contributed by atoms with E-state index < -0.39 is 11.8 Å². The van der Waals surface area contributed by atoms with Crippen molar-refractivity contribution >= 4 is 16.9 Å². The maximum Gasteiger partial charge on any atom is 0.337 e. The summed E-state index contributed by atoms with van der Waals surface area (Å²) < 4.78 is 13.3. The molecule has 0 saturated carbocycles. The predicted octanol–water partition coefficient (Wildman–Crippen LogP) is 2.31. The molecule has 0 aliphatic carbocycles. The number of hydrogen-bond acceptors (Lipinski definition) is 1. The molecule has 0 amide bonds. The Balaban J connectivity index is 2.85. The topological polar surface area (TPSA) is 53.1 Å². The summed E-state index contributed by atoms with van der Waals surface area (Å²) in [7, 11) is 0. The fourth-order valence-corrected chi connectivity index (χ4v) is 1.50. The third-order valence-electron chi connectivity index (χ3n) is 2.12. The number of carboxylic acids is 1. The van der Waals surface area contributed by atoms with Gasteiger partial charge in [0.2, 0.25) is 0 Å². The van der Waals surface area contributed by atoms with Gasteiger partial charge in [0.25, 0.3) is 0 Å². The Hall–Kier alpha value is -1.84. The molecule has 0 aliphatic rings. The van der Waals surface area contributed by atoms with Crippen molar-refractivity contribution in [1.82, 2.24) is 4.98 Å². The van der Waals surface area contributed by atoms with Crippen LogP contribution < -0.4 is 0 Å². The standard InChI is InChI=1S/C10H8FNO2/c1-5-2-6-7(10(13)14)4-12-9(6)8(11)3-5/h2-4,12H,1H3,(H,13,14). The average molecular weight is 193 g/mol. The molecule has 0 radical (unpaired) electrons. The average Bonchev–Trinajstić information content (AvgIpc) is 2.47. The number of H-pyrrole nitrogens is 1. The molecule has 0 fully saturated rings. The van der Waals surface area contributed by atoms with Gasteiger partial charge < -0.3 is 10.1 Å². The summed E-state index contributed by atoms with van der Waals surface area (Å²) in [5.74, 6) is -1.48. The summed E-state index contributed by atoms with van der Waals surface area (Å²) in [6, 6.07) is 3.02. The number of aryl methyl sites for hydroxylation is 1. The molecule has 0 saturated heterocycles. The Morgan fingerprint density at radius 3 is 2.86 bits per heavy atom. The van der Waals surface area contributed by atoms with Gasteiger partial charge in [0.1, 0.15) is 5.82 Å². The molecule has 1 aromatic heterocycles. The number of fused-ring (bicyclic) bond motifs is 1. The molecular formula is C10H8FNO2. The van der Waals surface area contributed by atoms with Crippen LogP contribution in [0.25, 0.3) is 10.9 Å². The monoisotopic (exact) mass is 193 g/mol. The summed E-state index contributed by atoms with van der Waals surface area (Å²) in [6.07, 6.45) is 1.30. The number of aromatic amines is 1. The van der Waals surface area contributed by atoms with Gasteiger partial charge in [-0.3, -0.25) is 0 Å². The van der Waals surface area contributed by atoms with E-state index in [-0.39, 0.29) is 11.1 Å². The van der Waals surface area contributed by atoms with Gasteiger partial charge in [-0.25, -0.2) is 9.18 Å². The normalized spacial score (nSPS) is 10.7. The highest BCUT2D eigenvalue weighted by molar-refractivity contribution is 6.03. The van der Waals surface area contributed by atoms with Crippen LogP contribution in [0.15, 0.2) is 18.3 Å². The van der Waals surface area contributed by atoms with Gasteiger partial charge in [-0.15, -0.1) is 0 Å². The lowest BCUT2D eigenvalue weighted by atomic mass is 10.1. The predicted molar refractivity (Wildman–Crippen MR) is 50.0 cm³/mol. The Morgan fingerprint density at radius 2 is 2.21 bits per heavy atom. The smallest absolute Gasteiger partial charge is 0.337 e. The summed E-state index contributed by atoms with van der Waals surface area (Å²) in [6.45, 7) is 1.72. The van der Waals surface area contributed by atoms with Crippen LogP contribution in [0.5, 0.6) is 0 Å². The minimum absolute atomic E-state index is 0.0996. The summed E-state index contributed by atoms with van der Waals surface area (Å²) in [5.41, 5.74) is 1.05. The lowest BCUT2D eigenvalue weighted by molar-refractivity contribution is 0.0699. The van der Waals surface area contributed by atoms with Gasteiger partial charge >= 0.3 is 5.97 Å². The van der Waals surface area contributed by atoms with Crippen LogP contribution in [0.2, 0.25) is 0 Å². The molecule has 72 valence electrons. The van der Waals surface area contributed by atoms with Crippen molar-refractivity contribution in [3.8, 4) is 0 Å². The maximum atomic E-state index is 13.3. The zero-order valence-electron chi connectivity index (χ0n) is 7.47. The number of rotatable bonds is 1. The van der Waals surface area contributed by atoms with Crippen LogP contribution in [-0.4, -0.2) is 16.1 Å². The zero-order chi connectivity index (χ0) is 10.3. The number of carboxylic acid groups (broad SMARTS) is 1. The number of hydrogen-bond donors (Lipinski definition) is 2. The summed E-state index contributed by atoms with van der Waals surface area (Å²) in [5, 5.41) is 9.22. The Morgan fingerprint density at radius 1 is 1.50 bits per heavy atom. The van der Waals surface area contributed by atoms with E-state index in [1.165, 1.54) is 12.3 Å². The molecular weight excluding hydrogens is 185 g/mol. The highest BCUT2D eigenvalue weighted by Gasteiger charge is 2.13. The van der Waals surface area contributed by atoms with E-state index in [9.17, 15) is 9.18 Å². The van der Waals surface area contributed by atoms with E-state index in [2.05, 4.69) is 4.98 Å². The van der Waals surface area contributed by atoms with Crippen molar-refractivity contribution in [3.63, 3.8) is 0 Å². The van der Waals surface area contributed by atoms with Crippen molar-refractivity contribution in [1.29, 1.82) is 0 Å². The second-order valence-corrected chi connectivity index (χ2v) is 3.18. The molecule has 0 spiro atoms. The summed E-state index contributed by atoms with van der Waals surface area (Å²) >= 11 is 0. The van der Waals surface area contributed by atoms with Gasteiger partial charge in [-0.1, -0.05) is 0 Å². The van der Waals surface area contributed by atoms with Gasteiger partial charge in [0.05, 0.1) is 11.1 Å². The first kappa shape index (κ1) is 8.74. The minimum atomic E-state index is -1.05. The molecule has 1 heterocycles. The van der Waals surface area contributed by atoms with E-state index >= 15 is 0 Å². The fraction of sp³-hybridized carbons (Fsp3) is 0.100. The molecule has 0 unspecified atom stereocenters. The molecule has 2 N–H and O–H groups in total. The van der Waals surface area contributed by atoms with Crippen LogP contribution in [0.1, 0.15) is 15.9 Å². The number of aromatic carboxylic acids is 1. The van der Waals surface area contributed by atoms with Crippen LogP contribution in [-0.2, 0) is 0 Å². The van der Waals surface area contributed by atoms with E-state index in [1.807, 2.05) is 0 Å². The van der Waals surface area contributed by atoms with Crippen molar-refractivity contribution in [2.24, 2.45) is 0 Å². The van der Waals surface area contributed by atoms with E-state index in [0.29, 0.717) is 10.9 Å². The maximum absolute atomic E-state index is 13.3. The SMILES string of the molecule is Cc1cc(F)c2[nH]cc(C(=O)O)c2c1. The second kappa shape index (κ2) is 2.83. The van der Waals surface area contributed by atoms with E-state index in [0.717, 1.165) is 0 Å². The largest absolute Gasteiger partial charge is 0.478 e. The fourth-order valence-electron chi connectivity index (χ4n) is 1.50. The van der Waals surface area contributed by atoms with E-state index in [4.69, 9.17) is 5.11 Å². The molecule has 2 aromatic rings. The molecule has 0 aliphatic heterocycles. The highest BCUT2D eigenvalue weighted by Crippen LogP contribution is 2.22. The molecule has 14 heavy (non-hydrogen) atoms. The summed E-state index contributed by atoms with van der Waals surface area (Å²) in [4.78, 5) is 13.4. The molecule has 3 nitrogen and oxygen atoms in total. The van der Waals surface area contributed by atoms with Crippen molar-refractivity contribution in [3.05, 3.63) is 35.3 Å². The molecule has 0 bridgehead atoms. The Labute approximate surface area is 79.2 Å². The molecule has 4 heteroatoms. The number of nitrogens with one attached hydrogen (secondary N) is 1. The van der Waals surface area contributed by atoms with E-state index in [1.54, 1.807) is 13.0 Å². The van der Waals surface area contributed by atoms with Crippen LogP contribution >= 0.6 is 0 Å². The number of carbonyl (C=O) groups is 1. The Bertz CT molecular complexity index is 516. The molecule has 0 atom stereocenters. The number of halogens is 1. The first-order valence-corrected chi connectivity index (χ1v) is 4.10. The minimum Gasteiger partial charge on any atom is -0.478 e. The number of aromatic nitrogens is 1. The van der Waals surface area contributed by atoms with Crippen molar-refractivity contribution < 1.29 is 14.3 Å². The first-order chi connectivity index (χ1) is 6.59. The zero-order valence-corrected chi connectivity index (χ0v) is 7.47. The highest BCUT2D eigenvalue weighted by atomic mass is 19.1. The van der Waals surface area contributed by atoms with Crippen molar-refractivity contribution in [2.75, 3.05) is 0 Å². The quantitative estimate of drug-likeness (QED) is 0.730. The third kappa shape index (κ3) is 1.16. The molecule has 2 rings (SSSR count). The first-order valence-electron chi connectivity index (χ1n) is 4.10. The van der Waals surface area contributed by atoms with Crippen molar-refractivity contribution in [2.45, 2.75) is 6.92 Å². The van der Waals surface area contributed by atoms with Gasteiger partial charge in [0.15, 0.2) is 0 Å². The lowest BCUT2D eigenvalue weighted by Crippen LogP contribution is -1.94. The third-order valence-corrected chi connectivity index (χ3v) is 2.12.